The average Bonchev–Trinajstić information content (AvgIpc) is 2.45. The molecule has 1 heterocycles. The molecule has 4 rings (SSSR count). The van der Waals surface area contributed by atoms with E-state index in [-0.39, 0.29) is 0 Å². The summed E-state index contributed by atoms with van der Waals surface area (Å²) in [6, 6.07) is 16.9. The van der Waals surface area contributed by atoms with Crippen molar-refractivity contribution in [2.75, 3.05) is 0 Å². The molecule has 4 aromatic rings. The van der Waals surface area contributed by atoms with Crippen LogP contribution in [0.3, 0.4) is 0 Å². The van der Waals surface area contributed by atoms with Gasteiger partial charge in [-0.05, 0) is 33.7 Å². The molecular weight excluding hydrogens is 220 g/mol. The second-order valence-electron chi connectivity index (χ2n) is 4.41. The molecule has 0 unspecified atom stereocenters. The van der Waals surface area contributed by atoms with E-state index in [0.717, 1.165) is 11.0 Å². The van der Waals surface area contributed by atoms with Gasteiger partial charge in [0.2, 0.25) is 0 Å². The van der Waals surface area contributed by atoms with Gasteiger partial charge in [0.1, 0.15) is 0 Å². The van der Waals surface area contributed by atoms with Crippen molar-refractivity contribution in [2.45, 2.75) is 0 Å². The van der Waals surface area contributed by atoms with E-state index in [1.807, 2.05) is 0 Å². The van der Waals surface area contributed by atoms with Crippen LogP contribution in [0.4, 0.5) is 0 Å². The van der Waals surface area contributed by atoms with Gasteiger partial charge in [-0.15, -0.1) is 0 Å². The molecule has 0 bridgehead atoms. The lowest BCUT2D eigenvalue weighted by Crippen LogP contribution is -1.84. The first-order valence-electron chi connectivity index (χ1n) is 5.94. The van der Waals surface area contributed by atoms with Gasteiger partial charge in [-0.3, -0.25) is 9.97 Å². The molecule has 2 heteroatoms. The Morgan fingerprint density at radius 3 is 2.22 bits per heavy atom. The van der Waals surface area contributed by atoms with Crippen LogP contribution in [-0.4, -0.2) is 9.97 Å². The largest absolute Gasteiger partial charge is 0.253 e. The van der Waals surface area contributed by atoms with Gasteiger partial charge in [0.05, 0.1) is 11.0 Å². The molecule has 0 aliphatic heterocycles. The Kier molecular flexibility index (Phi) is 1.86. The van der Waals surface area contributed by atoms with Crippen molar-refractivity contribution in [1.29, 1.82) is 0 Å². The molecule has 18 heavy (non-hydrogen) atoms. The zero-order chi connectivity index (χ0) is 11.9. The molecule has 0 radical (unpaired) electrons. The maximum Gasteiger partial charge on any atom is 0.0893 e. The molecule has 0 atom stereocenters. The number of aromatic nitrogens is 2. The first-order chi connectivity index (χ1) is 8.92. The van der Waals surface area contributed by atoms with E-state index >= 15 is 0 Å². The van der Waals surface area contributed by atoms with Crippen LogP contribution in [0.2, 0.25) is 0 Å². The molecule has 0 saturated heterocycles. The van der Waals surface area contributed by atoms with Gasteiger partial charge in [-0.1, -0.05) is 36.4 Å². The molecule has 84 valence electrons. The minimum absolute atomic E-state index is 0.945. The summed E-state index contributed by atoms with van der Waals surface area (Å²) in [6.07, 6.45) is 3.47. The minimum atomic E-state index is 0.945. The van der Waals surface area contributed by atoms with E-state index < -0.39 is 0 Å². The van der Waals surface area contributed by atoms with Crippen LogP contribution in [0, 0.1) is 0 Å². The Balaban J connectivity index is 2.27. The highest BCUT2D eigenvalue weighted by Gasteiger charge is 2.03. The maximum atomic E-state index is 4.38. The summed E-state index contributed by atoms with van der Waals surface area (Å²) >= 11 is 0. The van der Waals surface area contributed by atoms with Crippen LogP contribution in [0.5, 0.6) is 0 Å². The molecule has 0 spiro atoms. The molecule has 0 saturated carbocycles. The summed E-state index contributed by atoms with van der Waals surface area (Å²) in [6.45, 7) is 0. The van der Waals surface area contributed by atoms with E-state index in [2.05, 4.69) is 58.5 Å². The Hall–Kier alpha value is -2.48. The lowest BCUT2D eigenvalue weighted by Gasteiger charge is -2.05. The number of nitrogens with zero attached hydrogens (tertiary/aromatic N) is 2. The summed E-state index contributed by atoms with van der Waals surface area (Å²) in [7, 11) is 0. The van der Waals surface area contributed by atoms with Gasteiger partial charge in [0.25, 0.3) is 0 Å². The molecule has 0 fully saturated rings. The molecule has 0 amide bonds. The third kappa shape index (κ3) is 1.29. The summed E-state index contributed by atoms with van der Waals surface area (Å²) in [4.78, 5) is 8.72. The smallest absolute Gasteiger partial charge is 0.0893 e. The Labute approximate surface area is 104 Å². The van der Waals surface area contributed by atoms with Gasteiger partial charge < -0.3 is 0 Å². The first-order valence-corrected chi connectivity index (χ1v) is 5.94. The summed E-state index contributed by atoms with van der Waals surface area (Å²) in [5, 5.41) is 4.97. The number of rotatable bonds is 0. The lowest BCUT2D eigenvalue weighted by atomic mass is 10.0. The zero-order valence-electron chi connectivity index (χ0n) is 9.67. The van der Waals surface area contributed by atoms with Gasteiger partial charge >= 0.3 is 0 Å². The minimum Gasteiger partial charge on any atom is -0.253 e. The Morgan fingerprint density at radius 1 is 0.611 bits per heavy atom. The summed E-state index contributed by atoms with van der Waals surface area (Å²) in [5.41, 5.74) is 1.89. The second kappa shape index (κ2) is 3.50. The SMILES string of the molecule is c1ccc2c(c1)ccc1cc3nccnc3cc12. The molecule has 1 aromatic heterocycles. The van der Waals surface area contributed by atoms with Crippen molar-refractivity contribution in [3.05, 3.63) is 60.9 Å². The van der Waals surface area contributed by atoms with Crippen molar-refractivity contribution in [2.24, 2.45) is 0 Å². The fourth-order valence-corrected chi connectivity index (χ4v) is 2.47. The highest BCUT2D eigenvalue weighted by atomic mass is 14.8. The van der Waals surface area contributed by atoms with Crippen molar-refractivity contribution >= 4 is 32.6 Å². The fourth-order valence-electron chi connectivity index (χ4n) is 2.47. The summed E-state index contributed by atoms with van der Waals surface area (Å²) in [5.74, 6) is 0. The first kappa shape index (κ1) is 9.54. The highest BCUT2D eigenvalue weighted by Crippen LogP contribution is 2.27. The van der Waals surface area contributed by atoms with Crippen LogP contribution < -0.4 is 0 Å². The Bertz CT molecular complexity index is 875. The number of hydrogen-bond donors (Lipinski definition) is 0. The monoisotopic (exact) mass is 230 g/mol. The predicted octanol–water partition coefficient (Wildman–Crippen LogP) is 3.94. The lowest BCUT2D eigenvalue weighted by molar-refractivity contribution is 1.30. The maximum absolute atomic E-state index is 4.38. The fraction of sp³-hybridized carbons (Fsp3) is 0. The van der Waals surface area contributed by atoms with Gasteiger partial charge in [-0.25, -0.2) is 0 Å². The second-order valence-corrected chi connectivity index (χ2v) is 4.41. The standard InChI is InChI=1S/C16H10N2/c1-2-4-13-11(3-1)5-6-12-9-15-16(10-14(12)13)18-8-7-17-15/h1-10H. The quantitative estimate of drug-likeness (QED) is 0.338. The molecule has 0 aliphatic rings. The van der Waals surface area contributed by atoms with Crippen molar-refractivity contribution in [3.8, 4) is 0 Å². The third-order valence-corrected chi connectivity index (χ3v) is 3.33. The normalized spacial score (nSPS) is 11.3. The molecular formula is C16H10N2. The van der Waals surface area contributed by atoms with Gasteiger partial charge in [0.15, 0.2) is 0 Å². The average molecular weight is 230 g/mol. The van der Waals surface area contributed by atoms with Crippen LogP contribution in [-0.2, 0) is 0 Å². The van der Waals surface area contributed by atoms with Crippen molar-refractivity contribution < 1.29 is 0 Å². The van der Waals surface area contributed by atoms with E-state index in [9.17, 15) is 0 Å². The molecule has 3 aromatic carbocycles. The number of benzene rings is 3. The van der Waals surface area contributed by atoms with E-state index in [0.29, 0.717) is 0 Å². The van der Waals surface area contributed by atoms with E-state index in [1.54, 1.807) is 12.4 Å². The molecule has 0 aliphatic carbocycles. The van der Waals surface area contributed by atoms with Crippen LogP contribution in [0.1, 0.15) is 0 Å². The third-order valence-electron chi connectivity index (χ3n) is 3.33. The van der Waals surface area contributed by atoms with E-state index in [4.69, 9.17) is 0 Å². The zero-order valence-corrected chi connectivity index (χ0v) is 9.67. The van der Waals surface area contributed by atoms with Crippen LogP contribution >= 0.6 is 0 Å². The molecule has 0 N–H and O–H groups in total. The van der Waals surface area contributed by atoms with Crippen molar-refractivity contribution in [1.82, 2.24) is 9.97 Å². The van der Waals surface area contributed by atoms with Crippen LogP contribution in [0.25, 0.3) is 32.6 Å². The number of hydrogen-bond acceptors (Lipinski definition) is 2. The van der Waals surface area contributed by atoms with Crippen molar-refractivity contribution in [3.63, 3.8) is 0 Å². The van der Waals surface area contributed by atoms with Gasteiger partial charge in [-0.2, -0.15) is 0 Å². The topological polar surface area (TPSA) is 25.8 Å². The van der Waals surface area contributed by atoms with Gasteiger partial charge in [0, 0.05) is 12.4 Å². The molecule has 2 nitrogen and oxygen atoms in total. The predicted molar refractivity (Wildman–Crippen MR) is 74.6 cm³/mol. The Morgan fingerprint density at radius 2 is 1.33 bits per heavy atom. The van der Waals surface area contributed by atoms with Crippen LogP contribution in [0.15, 0.2) is 60.9 Å². The summed E-state index contributed by atoms with van der Waals surface area (Å²) < 4.78 is 0. The number of fused-ring (bicyclic) bond motifs is 4. The highest BCUT2D eigenvalue weighted by molar-refractivity contribution is 6.10. The van der Waals surface area contributed by atoms with E-state index in [1.165, 1.54) is 21.5 Å².